The molecular weight excluding hydrogens is 210 g/mol. The van der Waals surface area contributed by atoms with Gasteiger partial charge in [0.05, 0.1) is 7.85 Å². The molecule has 0 bridgehead atoms. The van der Waals surface area contributed by atoms with Crippen molar-refractivity contribution in [3.05, 3.63) is 71.8 Å². The van der Waals surface area contributed by atoms with Crippen LogP contribution in [0.25, 0.3) is 0 Å². The van der Waals surface area contributed by atoms with E-state index in [1.807, 2.05) is 36.4 Å². The first-order valence-electron chi connectivity index (χ1n) is 5.37. The lowest BCUT2D eigenvalue weighted by Crippen LogP contribution is -2.18. The van der Waals surface area contributed by atoms with Crippen LogP contribution in [0.5, 0.6) is 0 Å². The lowest BCUT2D eigenvalue weighted by Gasteiger charge is -2.29. The molecule has 2 rings (SSSR count). The highest BCUT2D eigenvalue weighted by Gasteiger charge is 2.25. The van der Waals surface area contributed by atoms with Crippen molar-refractivity contribution in [3.8, 4) is 0 Å². The molecule has 1 unspecified atom stereocenters. The van der Waals surface area contributed by atoms with Crippen molar-refractivity contribution >= 4 is 17.1 Å². The van der Waals surface area contributed by atoms with Crippen LogP contribution in [0.3, 0.4) is 0 Å². The molecular formula is C14H14BP. The van der Waals surface area contributed by atoms with Crippen molar-refractivity contribution < 1.29 is 0 Å². The lowest BCUT2D eigenvalue weighted by atomic mass is 9.80. The molecule has 0 nitrogen and oxygen atoms in total. The number of hydrogen-bond acceptors (Lipinski definition) is 0. The van der Waals surface area contributed by atoms with E-state index in [1.54, 1.807) is 0 Å². The molecule has 16 heavy (non-hydrogen) atoms. The minimum absolute atomic E-state index is 0.178. The third kappa shape index (κ3) is 2.06. The molecule has 78 valence electrons. The van der Waals surface area contributed by atoms with E-state index in [1.165, 1.54) is 11.1 Å². The molecule has 2 heteroatoms. The summed E-state index contributed by atoms with van der Waals surface area (Å²) in [5, 5.41) is -0.178. The molecule has 0 N–H and O–H groups in total. The quantitative estimate of drug-likeness (QED) is 0.553. The van der Waals surface area contributed by atoms with Crippen molar-refractivity contribution in [2.45, 2.75) is 11.5 Å². The molecule has 0 aliphatic heterocycles. The number of hydrogen-bond donors (Lipinski definition) is 0. The first-order valence-corrected chi connectivity index (χ1v) is 5.95. The van der Waals surface area contributed by atoms with Crippen LogP contribution in [-0.4, -0.2) is 7.85 Å². The van der Waals surface area contributed by atoms with Crippen molar-refractivity contribution in [1.82, 2.24) is 0 Å². The Hall–Kier alpha value is -1.07. The molecule has 2 aromatic rings. The summed E-state index contributed by atoms with van der Waals surface area (Å²) >= 11 is 0. The maximum absolute atomic E-state index is 5.95. The summed E-state index contributed by atoms with van der Waals surface area (Å²) in [5.74, 6) is 0. The van der Waals surface area contributed by atoms with Gasteiger partial charge in [0.25, 0.3) is 0 Å². The number of rotatable bonds is 3. The zero-order valence-corrected chi connectivity index (χ0v) is 10.3. The van der Waals surface area contributed by atoms with Gasteiger partial charge in [-0.25, -0.2) is 0 Å². The van der Waals surface area contributed by atoms with Crippen LogP contribution in [0, 0.1) is 0 Å². The SMILES string of the molecule is [B]CC(P)(c1ccccc1)c1ccccc1. The average Bonchev–Trinajstić information content (AvgIpc) is 2.40. The summed E-state index contributed by atoms with van der Waals surface area (Å²) in [5.41, 5.74) is 2.46. The zero-order chi connectivity index (χ0) is 11.4. The Morgan fingerprint density at radius 2 is 1.19 bits per heavy atom. The van der Waals surface area contributed by atoms with Crippen molar-refractivity contribution in [2.75, 3.05) is 0 Å². The minimum atomic E-state index is -0.178. The van der Waals surface area contributed by atoms with Gasteiger partial charge in [-0.2, -0.15) is 0 Å². The minimum Gasteiger partial charge on any atom is -0.122 e. The van der Waals surface area contributed by atoms with E-state index in [2.05, 4.69) is 33.5 Å². The van der Waals surface area contributed by atoms with Gasteiger partial charge in [0, 0.05) is 5.16 Å². The smallest absolute Gasteiger partial charge is 0.0674 e. The second kappa shape index (κ2) is 4.85. The highest BCUT2D eigenvalue weighted by atomic mass is 31.0. The van der Waals surface area contributed by atoms with Crippen LogP contribution in [-0.2, 0) is 5.16 Å². The molecule has 0 amide bonds. The van der Waals surface area contributed by atoms with Gasteiger partial charge in [0.15, 0.2) is 0 Å². The van der Waals surface area contributed by atoms with E-state index >= 15 is 0 Å². The lowest BCUT2D eigenvalue weighted by molar-refractivity contribution is 0.837. The topological polar surface area (TPSA) is 0 Å². The summed E-state index contributed by atoms with van der Waals surface area (Å²) in [4.78, 5) is 0. The summed E-state index contributed by atoms with van der Waals surface area (Å²) in [6.07, 6.45) is 0.575. The Bertz CT molecular complexity index is 399. The monoisotopic (exact) mass is 224 g/mol. The molecule has 1 atom stereocenters. The molecule has 0 saturated heterocycles. The van der Waals surface area contributed by atoms with Gasteiger partial charge < -0.3 is 0 Å². The predicted octanol–water partition coefficient (Wildman–Crippen LogP) is 3.39. The molecule has 0 aliphatic carbocycles. The summed E-state index contributed by atoms with van der Waals surface area (Å²) in [6, 6.07) is 20.7. The van der Waals surface area contributed by atoms with Crippen LogP contribution in [0.2, 0.25) is 6.32 Å². The van der Waals surface area contributed by atoms with Crippen LogP contribution < -0.4 is 0 Å². The largest absolute Gasteiger partial charge is 0.122 e. The Morgan fingerprint density at radius 3 is 1.50 bits per heavy atom. The standard InChI is InChI=1S/C14H14BP/c15-11-14(16,12-7-3-1-4-8-12)13-9-5-2-6-10-13/h1-10H,11,16H2. The van der Waals surface area contributed by atoms with Crippen LogP contribution in [0.1, 0.15) is 11.1 Å². The van der Waals surface area contributed by atoms with E-state index < -0.39 is 0 Å². The fourth-order valence-corrected chi connectivity index (χ4v) is 2.26. The Kier molecular flexibility index (Phi) is 3.46. The van der Waals surface area contributed by atoms with Gasteiger partial charge in [0.1, 0.15) is 0 Å². The van der Waals surface area contributed by atoms with Crippen LogP contribution in [0.15, 0.2) is 60.7 Å². The molecule has 0 aromatic heterocycles. The Labute approximate surface area is 101 Å². The normalized spacial score (nSPS) is 11.3. The molecule has 0 fully saturated rings. The van der Waals surface area contributed by atoms with Crippen molar-refractivity contribution in [2.24, 2.45) is 0 Å². The third-order valence-corrected chi connectivity index (χ3v) is 3.80. The predicted molar refractivity (Wildman–Crippen MR) is 73.9 cm³/mol. The molecule has 0 aliphatic rings. The first kappa shape index (κ1) is 11.4. The maximum atomic E-state index is 5.95. The summed E-state index contributed by atoms with van der Waals surface area (Å²) in [7, 11) is 8.85. The van der Waals surface area contributed by atoms with Gasteiger partial charge in [0.2, 0.25) is 0 Å². The van der Waals surface area contributed by atoms with E-state index in [0.717, 1.165) is 0 Å². The highest BCUT2D eigenvalue weighted by Crippen LogP contribution is 2.41. The Balaban J connectivity index is 2.49. The molecule has 0 spiro atoms. The van der Waals surface area contributed by atoms with Gasteiger partial charge in [-0.3, -0.25) is 0 Å². The third-order valence-electron chi connectivity index (χ3n) is 2.90. The average molecular weight is 224 g/mol. The molecule has 0 saturated carbocycles. The molecule has 2 aromatic carbocycles. The van der Waals surface area contributed by atoms with E-state index in [9.17, 15) is 0 Å². The van der Waals surface area contributed by atoms with E-state index in [-0.39, 0.29) is 5.16 Å². The van der Waals surface area contributed by atoms with Crippen LogP contribution >= 0.6 is 9.24 Å². The number of benzene rings is 2. The van der Waals surface area contributed by atoms with Crippen LogP contribution in [0.4, 0.5) is 0 Å². The van der Waals surface area contributed by atoms with Gasteiger partial charge in [-0.15, -0.1) is 9.24 Å². The van der Waals surface area contributed by atoms with Gasteiger partial charge >= 0.3 is 0 Å². The fraction of sp³-hybridized carbons (Fsp3) is 0.143. The van der Waals surface area contributed by atoms with Gasteiger partial charge in [-0.1, -0.05) is 67.0 Å². The summed E-state index contributed by atoms with van der Waals surface area (Å²) < 4.78 is 0. The fourth-order valence-electron chi connectivity index (χ4n) is 1.87. The van der Waals surface area contributed by atoms with Crippen molar-refractivity contribution in [1.29, 1.82) is 0 Å². The van der Waals surface area contributed by atoms with E-state index in [4.69, 9.17) is 7.85 Å². The second-order valence-corrected chi connectivity index (χ2v) is 4.89. The molecule has 2 radical (unpaired) electrons. The Morgan fingerprint density at radius 1 is 0.812 bits per heavy atom. The van der Waals surface area contributed by atoms with E-state index in [0.29, 0.717) is 6.32 Å². The maximum Gasteiger partial charge on any atom is 0.0674 e. The highest BCUT2D eigenvalue weighted by molar-refractivity contribution is 7.19. The zero-order valence-electron chi connectivity index (χ0n) is 9.14. The first-order chi connectivity index (χ1) is 7.77. The van der Waals surface area contributed by atoms with Gasteiger partial charge in [-0.05, 0) is 11.1 Å². The second-order valence-electron chi connectivity index (χ2n) is 3.91. The van der Waals surface area contributed by atoms with Crippen molar-refractivity contribution in [3.63, 3.8) is 0 Å². The summed E-state index contributed by atoms with van der Waals surface area (Å²) in [6.45, 7) is 0. The molecule has 0 heterocycles.